The van der Waals surface area contributed by atoms with Gasteiger partial charge < -0.3 is 19.5 Å². The highest BCUT2D eigenvalue weighted by Crippen LogP contribution is 2.31. The Balaban J connectivity index is 1.88. The van der Waals surface area contributed by atoms with Crippen molar-refractivity contribution in [2.24, 2.45) is 0 Å². The van der Waals surface area contributed by atoms with E-state index in [4.69, 9.17) is 19.2 Å². The maximum atomic E-state index is 13.3. The van der Waals surface area contributed by atoms with Gasteiger partial charge in [0.25, 0.3) is 5.91 Å². The van der Waals surface area contributed by atoms with E-state index in [0.29, 0.717) is 30.3 Å². The van der Waals surface area contributed by atoms with E-state index in [1.54, 1.807) is 20.4 Å². The fourth-order valence-corrected chi connectivity index (χ4v) is 3.56. The van der Waals surface area contributed by atoms with E-state index in [0.717, 1.165) is 22.3 Å². The number of ether oxygens (including phenoxy) is 3. The Bertz CT molecular complexity index is 1110. The van der Waals surface area contributed by atoms with Crippen molar-refractivity contribution in [2.75, 3.05) is 27.4 Å². The first-order chi connectivity index (χ1) is 15.8. The molecule has 0 saturated heterocycles. The second-order valence-corrected chi connectivity index (χ2v) is 8.62. The van der Waals surface area contributed by atoms with Crippen LogP contribution in [0.25, 0.3) is 11.0 Å². The van der Waals surface area contributed by atoms with Crippen LogP contribution in [0.5, 0.6) is 11.5 Å². The highest BCUT2D eigenvalue weighted by molar-refractivity contribution is 6.05. The molecule has 0 bridgehead atoms. The molecule has 1 atom stereocenters. The number of hydrogen-bond donors (Lipinski definition) is 1. The van der Waals surface area contributed by atoms with Crippen LogP contribution in [0.3, 0.4) is 0 Å². The van der Waals surface area contributed by atoms with Gasteiger partial charge in [-0.2, -0.15) is 5.10 Å². The SMILES string of the molecule is COCCOc1ccc(C(C)NC(=O)c2cc(C(C)C)nc3c2cnn3C(C)C)cc1OC. The Labute approximate surface area is 195 Å². The van der Waals surface area contributed by atoms with Crippen LogP contribution in [-0.4, -0.2) is 48.1 Å². The second kappa shape index (κ2) is 10.7. The maximum Gasteiger partial charge on any atom is 0.252 e. The molecular formula is C25H34N4O4. The normalized spacial score (nSPS) is 12.4. The molecule has 0 saturated carbocycles. The number of carbonyl (C=O) groups excluding carboxylic acids is 1. The van der Waals surface area contributed by atoms with Crippen molar-refractivity contribution in [3.05, 3.63) is 47.3 Å². The van der Waals surface area contributed by atoms with Gasteiger partial charge in [0.15, 0.2) is 17.1 Å². The van der Waals surface area contributed by atoms with Crippen LogP contribution in [-0.2, 0) is 4.74 Å². The number of amides is 1. The summed E-state index contributed by atoms with van der Waals surface area (Å²) in [5, 5.41) is 8.33. The number of benzene rings is 1. The third-order valence-corrected chi connectivity index (χ3v) is 5.49. The van der Waals surface area contributed by atoms with Gasteiger partial charge in [-0.1, -0.05) is 19.9 Å². The van der Waals surface area contributed by atoms with Crippen LogP contribution in [0.15, 0.2) is 30.5 Å². The molecular weight excluding hydrogens is 420 g/mol. The molecule has 2 aromatic heterocycles. The third kappa shape index (κ3) is 5.45. The number of carbonyl (C=O) groups is 1. The minimum Gasteiger partial charge on any atom is -0.493 e. The van der Waals surface area contributed by atoms with E-state index in [-0.39, 0.29) is 23.9 Å². The molecule has 0 aliphatic carbocycles. The Kier molecular flexibility index (Phi) is 7.92. The molecule has 0 spiro atoms. The van der Waals surface area contributed by atoms with E-state index in [9.17, 15) is 4.79 Å². The predicted octanol–water partition coefficient (Wildman–Crippen LogP) is 4.66. The first-order valence-electron chi connectivity index (χ1n) is 11.3. The van der Waals surface area contributed by atoms with Crippen molar-refractivity contribution in [2.45, 2.75) is 52.6 Å². The van der Waals surface area contributed by atoms with Gasteiger partial charge in [0.2, 0.25) is 0 Å². The molecule has 1 aromatic carbocycles. The molecule has 1 unspecified atom stereocenters. The van der Waals surface area contributed by atoms with Crippen LogP contribution in [0, 0.1) is 0 Å². The van der Waals surface area contributed by atoms with E-state index in [1.165, 1.54) is 0 Å². The van der Waals surface area contributed by atoms with Crippen molar-refractivity contribution in [1.82, 2.24) is 20.1 Å². The van der Waals surface area contributed by atoms with Gasteiger partial charge in [-0.3, -0.25) is 4.79 Å². The van der Waals surface area contributed by atoms with Crippen LogP contribution < -0.4 is 14.8 Å². The molecule has 2 heterocycles. The molecule has 8 nitrogen and oxygen atoms in total. The number of fused-ring (bicyclic) bond motifs is 1. The first kappa shape index (κ1) is 24.5. The lowest BCUT2D eigenvalue weighted by Crippen LogP contribution is -2.27. The molecule has 8 heteroatoms. The Hall–Kier alpha value is -3.13. The third-order valence-electron chi connectivity index (χ3n) is 5.49. The number of methoxy groups -OCH3 is 2. The molecule has 0 radical (unpaired) electrons. The summed E-state index contributed by atoms with van der Waals surface area (Å²) in [6.45, 7) is 11.1. The van der Waals surface area contributed by atoms with Gasteiger partial charge in [-0.25, -0.2) is 9.67 Å². The molecule has 1 amide bonds. The van der Waals surface area contributed by atoms with Crippen molar-refractivity contribution < 1.29 is 19.0 Å². The molecule has 33 heavy (non-hydrogen) atoms. The van der Waals surface area contributed by atoms with E-state index >= 15 is 0 Å². The predicted molar refractivity (Wildman–Crippen MR) is 128 cm³/mol. The summed E-state index contributed by atoms with van der Waals surface area (Å²) < 4.78 is 18.1. The van der Waals surface area contributed by atoms with Crippen molar-refractivity contribution in [1.29, 1.82) is 0 Å². The summed E-state index contributed by atoms with van der Waals surface area (Å²) in [6, 6.07) is 7.42. The zero-order valence-electron chi connectivity index (χ0n) is 20.5. The van der Waals surface area contributed by atoms with Gasteiger partial charge in [0, 0.05) is 18.8 Å². The number of nitrogens with one attached hydrogen (secondary N) is 1. The Morgan fingerprint density at radius 2 is 1.82 bits per heavy atom. The molecule has 0 fully saturated rings. The highest BCUT2D eigenvalue weighted by atomic mass is 16.5. The Morgan fingerprint density at radius 3 is 2.45 bits per heavy atom. The van der Waals surface area contributed by atoms with Gasteiger partial charge >= 0.3 is 0 Å². The standard InChI is InChI=1S/C25H34N4O4/c1-15(2)21-13-19(20-14-26-29(16(3)4)24(20)28-21)25(30)27-17(5)18-8-9-22(23(12-18)32-7)33-11-10-31-6/h8-9,12-17H,10-11H2,1-7H3,(H,27,30). The maximum absolute atomic E-state index is 13.3. The zero-order valence-corrected chi connectivity index (χ0v) is 20.5. The van der Waals surface area contributed by atoms with Crippen LogP contribution in [0.1, 0.15) is 74.2 Å². The van der Waals surface area contributed by atoms with Gasteiger partial charge in [-0.15, -0.1) is 0 Å². The molecule has 0 aliphatic heterocycles. The number of hydrogen-bond acceptors (Lipinski definition) is 6. The van der Waals surface area contributed by atoms with Crippen molar-refractivity contribution in [3.8, 4) is 11.5 Å². The Morgan fingerprint density at radius 1 is 1.06 bits per heavy atom. The average Bonchev–Trinajstić information content (AvgIpc) is 3.23. The average molecular weight is 455 g/mol. The fraction of sp³-hybridized carbons (Fsp3) is 0.480. The molecule has 3 rings (SSSR count). The van der Waals surface area contributed by atoms with Crippen LogP contribution in [0.4, 0.5) is 0 Å². The minimum atomic E-state index is -0.245. The van der Waals surface area contributed by atoms with Gasteiger partial charge in [0.05, 0.1) is 36.9 Å². The lowest BCUT2D eigenvalue weighted by Gasteiger charge is -2.18. The van der Waals surface area contributed by atoms with Crippen molar-refractivity contribution in [3.63, 3.8) is 0 Å². The van der Waals surface area contributed by atoms with Crippen molar-refractivity contribution >= 4 is 16.9 Å². The lowest BCUT2D eigenvalue weighted by atomic mass is 10.0. The largest absolute Gasteiger partial charge is 0.493 e. The summed E-state index contributed by atoms with van der Waals surface area (Å²) in [5.74, 6) is 1.26. The van der Waals surface area contributed by atoms with E-state index < -0.39 is 0 Å². The van der Waals surface area contributed by atoms with E-state index in [2.05, 4.69) is 24.3 Å². The van der Waals surface area contributed by atoms with Gasteiger partial charge in [0.1, 0.15) is 6.61 Å². The first-order valence-corrected chi connectivity index (χ1v) is 11.3. The number of aromatic nitrogens is 3. The quantitative estimate of drug-likeness (QED) is 0.448. The van der Waals surface area contributed by atoms with Gasteiger partial charge in [-0.05, 0) is 50.5 Å². The highest BCUT2D eigenvalue weighted by Gasteiger charge is 2.21. The van der Waals surface area contributed by atoms with Crippen LogP contribution >= 0.6 is 0 Å². The zero-order chi connectivity index (χ0) is 24.1. The smallest absolute Gasteiger partial charge is 0.252 e. The van der Waals surface area contributed by atoms with E-state index in [1.807, 2.05) is 49.7 Å². The topological polar surface area (TPSA) is 87.5 Å². The van der Waals surface area contributed by atoms with Crippen LogP contribution in [0.2, 0.25) is 0 Å². The monoisotopic (exact) mass is 454 g/mol. The molecule has 3 aromatic rings. The number of rotatable bonds is 10. The summed E-state index contributed by atoms with van der Waals surface area (Å²) in [6.07, 6.45) is 1.72. The number of pyridine rings is 1. The second-order valence-electron chi connectivity index (χ2n) is 8.62. The number of nitrogens with zero attached hydrogens (tertiary/aromatic N) is 3. The summed E-state index contributed by atoms with van der Waals surface area (Å²) in [7, 11) is 3.22. The molecule has 1 N–H and O–H groups in total. The summed E-state index contributed by atoms with van der Waals surface area (Å²) in [5.41, 5.74) is 3.08. The summed E-state index contributed by atoms with van der Waals surface area (Å²) in [4.78, 5) is 18.1. The minimum absolute atomic E-state index is 0.143. The summed E-state index contributed by atoms with van der Waals surface area (Å²) >= 11 is 0. The fourth-order valence-electron chi connectivity index (χ4n) is 3.56. The lowest BCUT2D eigenvalue weighted by molar-refractivity contribution is 0.0941. The molecule has 0 aliphatic rings. The molecule has 178 valence electrons.